The van der Waals surface area contributed by atoms with Crippen molar-refractivity contribution in [3.63, 3.8) is 0 Å². The van der Waals surface area contributed by atoms with Crippen LogP contribution in [0.2, 0.25) is 5.02 Å². The SMILES string of the molecule is CC(C)C1CN(C(=O)Nc2cccc(F)c2)CCN1C(=N)Nc1ccccc1Cl. The molecule has 0 spiro atoms. The highest BCUT2D eigenvalue weighted by atomic mass is 35.5. The predicted octanol–water partition coefficient (Wildman–Crippen LogP) is 4.70. The molecule has 8 heteroatoms. The average molecular weight is 418 g/mol. The molecule has 6 nitrogen and oxygen atoms in total. The van der Waals surface area contributed by atoms with Crippen molar-refractivity contribution >= 4 is 35.0 Å². The zero-order valence-corrected chi connectivity index (χ0v) is 17.2. The van der Waals surface area contributed by atoms with Gasteiger partial charge in [0.2, 0.25) is 0 Å². The first-order chi connectivity index (χ1) is 13.8. The molecular formula is C21H25ClFN5O. The molecule has 0 saturated carbocycles. The Hall–Kier alpha value is -2.80. The summed E-state index contributed by atoms with van der Waals surface area (Å²) in [4.78, 5) is 16.3. The van der Waals surface area contributed by atoms with Crippen LogP contribution in [0.3, 0.4) is 0 Å². The van der Waals surface area contributed by atoms with Gasteiger partial charge in [0.1, 0.15) is 5.82 Å². The van der Waals surface area contributed by atoms with Gasteiger partial charge in [-0.15, -0.1) is 0 Å². The van der Waals surface area contributed by atoms with Crippen molar-refractivity contribution in [1.82, 2.24) is 9.80 Å². The van der Waals surface area contributed by atoms with E-state index >= 15 is 0 Å². The Kier molecular flexibility index (Phi) is 6.59. The molecule has 0 aromatic heterocycles. The molecule has 0 bridgehead atoms. The van der Waals surface area contributed by atoms with Gasteiger partial charge in [0.15, 0.2) is 5.96 Å². The number of amides is 2. The number of para-hydroxylation sites is 1. The van der Waals surface area contributed by atoms with Crippen molar-refractivity contribution in [3.8, 4) is 0 Å². The van der Waals surface area contributed by atoms with Crippen LogP contribution >= 0.6 is 11.6 Å². The van der Waals surface area contributed by atoms with E-state index in [9.17, 15) is 9.18 Å². The molecule has 3 N–H and O–H groups in total. The zero-order valence-electron chi connectivity index (χ0n) is 16.5. The standard InChI is InChI=1S/C21H25ClFN5O/c1-14(2)19-13-27(21(29)25-16-7-5-6-15(23)12-16)10-11-28(19)20(24)26-18-9-4-3-8-17(18)22/h3-9,12,14,19H,10-11,13H2,1-2H3,(H2,24,26)(H,25,29). The van der Waals surface area contributed by atoms with E-state index in [0.29, 0.717) is 36.0 Å². The van der Waals surface area contributed by atoms with Gasteiger partial charge in [-0.2, -0.15) is 0 Å². The van der Waals surface area contributed by atoms with E-state index in [2.05, 4.69) is 24.5 Å². The van der Waals surface area contributed by atoms with Gasteiger partial charge in [0.25, 0.3) is 0 Å². The summed E-state index contributed by atoms with van der Waals surface area (Å²) in [6.07, 6.45) is 0. The first-order valence-electron chi connectivity index (χ1n) is 9.53. The van der Waals surface area contributed by atoms with E-state index in [0.717, 1.165) is 0 Å². The molecule has 3 rings (SSSR count). The quantitative estimate of drug-likeness (QED) is 0.500. The number of halogens is 2. The molecule has 29 heavy (non-hydrogen) atoms. The van der Waals surface area contributed by atoms with Crippen LogP contribution in [0.25, 0.3) is 0 Å². The van der Waals surface area contributed by atoms with Gasteiger partial charge in [-0.1, -0.05) is 43.6 Å². The number of nitrogens with zero attached hydrogens (tertiary/aromatic N) is 2. The van der Waals surface area contributed by atoms with Crippen molar-refractivity contribution in [3.05, 3.63) is 59.4 Å². The van der Waals surface area contributed by atoms with Gasteiger partial charge in [-0.3, -0.25) is 5.41 Å². The number of rotatable bonds is 3. The lowest BCUT2D eigenvalue weighted by Crippen LogP contribution is -2.60. The maximum Gasteiger partial charge on any atom is 0.321 e. The summed E-state index contributed by atoms with van der Waals surface area (Å²) in [6.45, 7) is 5.56. The minimum atomic E-state index is -0.397. The Morgan fingerprint density at radius 2 is 1.93 bits per heavy atom. The van der Waals surface area contributed by atoms with E-state index < -0.39 is 5.82 Å². The van der Waals surface area contributed by atoms with E-state index in [1.54, 1.807) is 23.1 Å². The van der Waals surface area contributed by atoms with Gasteiger partial charge in [-0.25, -0.2) is 9.18 Å². The third-order valence-electron chi connectivity index (χ3n) is 4.97. The number of hydrogen-bond donors (Lipinski definition) is 3. The fraction of sp³-hybridized carbons (Fsp3) is 0.333. The molecule has 1 atom stereocenters. The summed E-state index contributed by atoms with van der Waals surface area (Å²) >= 11 is 6.19. The van der Waals surface area contributed by atoms with Gasteiger partial charge in [0.05, 0.1) is 16.8 Å². The Morgan fingerprint density at radius 3 is 2.62 bits per heavy atom. The molecule has 1 fully saturated rings. The number of hydrogen-bond acceptors (Lipinski definition) is 2. The minimum Gasteiger partial charge on any atom is -0.336 e. The van der Waals surface area contributed by atoms with Crippen molar-refractivity contribution in [2.75, 3.05) is 30.3 Å². The summed E-state index contributed by atoms with van der Waals surface area (Å²) in [7, 11) is 0. The first kappa shape index (κ1) is 20.9. The number of nitrogens with one attached hydrogen (secondary N) is 3. The van der Waals surface area contributed by atoms with Crippen molar-refractivity contribution < 1.29 is 9.18 Å². The molecule has 2 amide bonds. The van der Waals surface area contributed by atoms with E-state index in [-0.39, 0.29) is 24.0 Å². The summed E-state index contributed by atoms with van der Waals surface area (Å²) in [6, 6.07) is 12.8. The van der Waals surface area contributed by atoms with Gasteiger partial charge < -0.3 is 20.4 Å². The number of benzene rings is 2. The molecule has 1 aliphatic heterocycles. The molecule has 1 aliphatic rings. The number of carbonyl (C=O) groups excluding carboxylic acids is 1. The van der Waals surface area contributed by atoms with Crippen LogP contribution in [-0.4, -0.2) is 47.5 Å². The fourth-order valence-electron chi connectivity index (χ4n) is 3.37. The Morgan fingerprint density at radius 1 is 1.17 bits per heavy atom. The maximum atomic E-state index is 13.4. The number of carbonyl (C=O) groups is 1. The van der Waals surface area contributed by atoms with Gasteiger partial charge in [-0.05, 0) is 36.2 Å². The Labute approximate surface area is 175 Å². The van der Waals surface area contributed by atoms with Gasteiger partial charge >= 0.3 is 6.03 Å². The monoisotopic (exact) mass is 417 g/mol. The second kappa shape index (κ2) is 9.13. The van der Waals surface area contributed by atoms with Crippen LogP contribution in [0.5, 0.6) is 0 Å². The van der Waals surface area contributed by atoms with Crippen LogP contribution in [0.15, 0.2) is 48.5 Å². The molecule has 154 valence electrons. The highest BCUT2D eigenvalue weighted by Crippen LogP contribution is 2.23. The maximum absolute atomic E-state index is 13.4. The molecule has 2 aromatic rings. The third kappa shape index (κ3) is 5.17. The fourth-order valence-corrected chi connectivity index (χ4v) is 3.56. The lowest BCUT2D eigenvalue weighted by atomic mass is 10.00. The van der Waals surface area contributed by atoms with E-state index in [1.807, 2.05) is 23.1 Å². The molecule has 2 aromatic carbocycles. The normalized spacial score (nSPS) is 16.7. The second-order valence-corrected chi connectivity index (χ2v) is 7.75. The molecule has 1 unspecified atom stereocenters. The van der Waals surface area contributed by atoms with Crippen molar-refractivity contribution in [2.45, 2.75) is 19.9 Å². The van der Waals surface area contributed by atoms with Crippen molar-refractivity contribution in [1.29, 1.82) is 5.41 Å². The first-order valence-corrected chi connectivity index (χ1v) is 9.91. The third-order valence-corrected chi connectivity index (χ3v) is 5.29. The zero-order chi connectivity index (χ0) is 21.0. The summed E-state index contributed by atoms with van der Waals surface area (Å²) in [5, 5.41) is 14.9. The highest BCUT2D eigenvalue weighted by Gasteiger charge is 2.33. The number of urea groups is 1. The Balaban J connectivity index is 1.66. The van der Waals surface area contributed by atoms with Crippen molar-refractivity contribution in [2.24, 2.45) is 5.92 Å². The molecular weight excluding hydrogens is 393 g/mol. The molecule has 0 radical (unpaired) electrons. The topological polar surface area (TPSA) is 71.5 Å². The van der Waals surface area contributed by atoms with E-state index in [4.69, 9.17) is 17.0 Å². The highest BCUT2D eigenvalue weighted by molar-refractivity contribution is 6.33. The lowest BCUT2D eigenvalue weighted by Gasteiger charge is -2.44. The number of anilines is 2. The Bertz CT molecular complexity index is 891. The molecule has 1 saturated heterocycles. The predicted molar refractivity (Wildman–Crippen MR) is 115 cm³/mol. The van der Waals surface area contributed by atoms with Crippen LogP contribution in [0, 0.1) is 17.1 Å². The number of piperazine rings is 1. The number of guanidine groups is 1. The second-order valence-electron chi connectivity index (χ2n) is 7.34. The summed E-state index contributed by atoms with van der Waals surface area (Å²) in [5.74, 6) is 0.0712. The van der Waals surface area contributed by atoms with Crippen LogP contribution in [0.1, 0.15) is 13.8 Å². The van der Waals surface area contributed by atoms with Crippen LogP contribution < -0.4 is 10.6 Å². The van der Waals surface area contributed by atoms with Crippen LogP contribution in [-0.2, 0) is 0 Å². The minimum absolute atomic E-state index is 0.0375. The smallest absolute Gasteiger partial charge is 0.321 e. The summed E-state index contributed by atoms with van der Waals surface area (Å²) in [5.41, 5.74) is 1.10. The molecule has 1 heterocycles. The largest absolute Gasteiger partial charge is 0.336 e. The molecule has 0 aliphatic carbocycles. The van der Waals surface area contributed by atoms with E-state index in [1.165, 1.54) is 12.1 Å². The van der Waals surface area contributed by atoms with Gasteiger partial charge in [0, 0.05) is 25.3 Å². The van der Waals surface area contributed by atoms with Crippen LogP contribution in [0.4, 0.5) is 20.6 Å². The lowest BCUT2D eigenvalue weighted by molar-refractivity contribution is 0.119. The average Bonchev–Trinajstić information content (AvgIpc) is 2.69. The summed E-state index contributed by atoms with van der Waals surface area (Å²) < 4.78 is 13.4.